The Bertz CT molecular complexity index is 476. The van der Waals surface area contributed by atoms with Crippen molar-refractivity contribution in [3.8, 4) is 5.75 Å². The molecule has 116 valence electrons. The Labute approximate surface area is 126 Å². The molecular formula is C16H25N3O2. The number of aliphatic imine (C=N–C) groups is 1. The molecule has 0 spiro atoms. The van der Waals surface area contributed by atoms with Crippen LogP contribution in [0.25, 0.3) is 0 Å². The van der Waals surface area contributed by atoms with Gasteiger partial charge in [-0.25, -0.2) is 4.99 Å². The number of β-amino-alcohol motifs (C(OH)–C–C–N with tert-alkyl or cyclic N) is 1. The number of hydrogen-bond donors (Lipinski definition) is 2. The van der Waals surface area contributed by atoms with Crippen molar-refractivity contribution in [2.45, 2.75) is 26.4 Å². The van der Waals surface area contributed by atoms with E-state index in [-0.39, 0.29) is 6.10 Å². The van der Waals surface area contributed by atoms with Crippen molar-refractivity contribution in [3.05, 3.63) is 29.8 Å². The number of aliphatic hydroxyl groups is 1. The van der Waals surface area contributed by atoms with Crippen molar-refractivity contribution in [1.29, 1.82) is 0 Å². The van der Waals surface area contributed by atoms with Gasteiger partial charge in [-0.2, -0.15) is 0 Å². The lowest BCUT2D eigenvalue weighted by Gasteiger charge is -2.21. The van der Waals surface area contributed by atoms with Crippen LogP contribution < -0.4 is 10.1 Å². The van der Waals surface area contributed by atoms with Crippen molar-refractivity contribution < 1.29 is 9.84 Å². The Morgan fingerprint density at radius 3 is 2.95 bits per heavy atom. The molecule has 1 aliphatic heterocycles. The molecule has 1 atom stereocenters. The van der Waals surface area contributed by atoms with Crippen LogP contribution >= 0.6 is 0 Å². The zero-order valence-electron chi connectivity index (χ0n) is 12.9. The van der Waals surface area contributed by atoms with Gasteiger partial charge in [0.25, 0.3) is 0 Å². The van der Waals surface area contributed by atoms with Gasteiger partial charge in [0, 0.05) is 19.6 Å². The van der Waals surface area contributed by atoms with Gasteiger partial charge >= 0.3 is 0 Å². The fourth-order valence-electron chi connectivity index (χ4n) is 2.39. The van der Waals surface area contributed by atoms with Crippen LogP contribution in [-0.2, 0) is 0 Å². The quantitative estimate of drug-likeness (QED) is 0.489. The molecule has 0 aliphatic carbocycles. The zero-order valence-corrected chi connectivity index (χ0v) is 12.9. The molecule has 1 aromatic rings. The molecular weight excluding hydrogens is 266 g/mol. The van der Waals surface area contributed by atoms with Gasteiger partial charge in [-0.05, 0) is 31.9 Å². The zero-order chi connectivity index (χ0) is 15.1. The van der Waals surface area contributed by atoms with Crippen LogP contribution in [0, 0.1) is 6.92 Å². The third-order valence-electron chi connectivity index (χ3n) is 3.50. The molecule has 21 heavy (non-hydrogen) atoms. The Hall–Kier alpha value is -1.75. The summed E-state index contributed by atoms with van der Waals surface area (Å²) in [6.07, 6.45) is 0.571. The first kappa shape index (κ1) is 15.6. The lowest BCUT2D eigenvalue weighted by molar-refractivity contribution is 0.187. The van der Waals surface area contributed by atoms with Gasteiger partial charge in [-0.1, -0.05) is 18.2 Å². The van der Waals surface area contributed by atoms with Crippen LogP contribution in [0.5, 0.6) is 5.75 Å². The first-order valence-corrected chi connectivity index (χ1v) is 7.60. The number of para-hydroxylation sites is 1. The highest BCUT2D eigenvalue weighted by Crippen LogP contribution is 2.15. The fourth-order valence-corrected chi connectivity index (χ4v) is 2.39. The average molecular weight is 291 g/mol. The van der Waals surface area contributed by atoms with Gasteiger partial charge in [0.15, 0.2) is 5.96 Å². The maximum atomic E-state index is 9.62. The minimum atomic E-state index is -0.239. The SMILES string of the molecule is CCNC(=NCCOc1ccccc1C)N1CC[C@@H](O)C1. The molecule has 1 fully saturated rings. The number of aliphatic hydroxyl groups excluding tert-OH is 1. The summed E-state index contributed by atoms with van der Waals surface area (Å²) in [6, 6.07) is 7.99. The van der Waals surface area contributed by atoms with E-state index in [4.69, 9.17) is 4.74 Å². The smallest absolute Gasteiger partial charge is 0.194 e. The molecule has 0 aromatic heterocycles. The largest absolute Gasteiger partial charge is 0.491 e. The van der Waals surface area contributed by atoms with Crippen molar-refractivity contribution in [2.75, 3.05) is 32.8 Å². The van der Waals surface area contributed by atoms with E-state index in [1.807, 2.05) is 38.1 Å². The molecule has 1 aromatic carbocycles. The van der Waals surface area contributed by atoms with Gasteiger partial charge in [0.05, 0.1) is 12.6 Å². The van der Waals surface area contributed by atoms with E-state index in [1.165, 1.54) is 0 Å². The predicted molar refractivity (Wildman–Crippen MR) is 84.8 cm³/mol. The predicted octanol–water partition coefficient (Wildman–Crippen LogP) is 1.41. The summed E-state index contributed by atoms with van der Waals surface area (Å²) >= 11 is 0. The molecule has 0 radical (unpaired) electrons. The molecule has 5 nitrogen and oxygen atoms in total. The van der Waals surface area contributed by atoms with Crippen molar-refractivity contribution in [3.63, 3.8) is 0 Å². The lowest BCUT2D eigenvalue weighted by atomic mass is 10.2. The van der Waals surface area contributed by atoms with E-state index in [0.29, 0.717) is 19.7 Å². The van der Waals surface area contributed by atoms with Crippen LogP contribution in [0.1, 0.15) is 18.9 Å². The summed E-state index contributed by atoms with van der Waals surface area (Å²) < 4.78 is 5.75. The van der Waals surface area contributed by atoms with Crippen molar-refractivity contribution >= 4 is 5.96 Å². The normalized spacial score (nSPS) is 18.9. The Morgan fingerprint density at radius 1 is 1.48 bits per heavy atom. The van der Waals surface area contributed by atoms with Crippen LogP contribution in [0.3, 0.4) is 0 Å². The number of hydrogen-bond acceptors (Lipinski definition) is 3. The molecule has 2 rings (SSSR count). The number of nitrogens with one attached hydrogen (secondary N) is 1. The van der Waals surface area contributed by atoms with Crippen molar-refractivity contribution in [2.24, 2.45) is 4.99 Å². The highest BCUT2D eigenvalue weighted by atomic mass is 16.5. The molecule has 1 saturated heterocycles. The highest BCUT2D eigenvalue weighted by molar-refractivity contribution is 5.80. The molecule has 1 aliphatic rings. The summed E-state index contributed by atoms with van der Waals surface area (Å²) in [7, 11) is 0. The van der Waals surface area contributed by atoms with Gasteiger partial charge in [0.2, 0.25) is 0 Å². The minimum absolute atomic E-state index is 0.239. The van der Waals surface area contributed by atoms with E-state index < -0.39 is 0 Å². The molecule has 5 heteroatoms. The molecule has 1 heterocycles. The average Bonchev–Trinajstić information content (AvgIpc) is 2.90. The minimum Gasteiger partial charge on any atom is -0.491 e. The summed E-state index contributed by atoms with van der Waals surface area (Å²) in [6.45, 7) is 7.57. The Kier molecular flexibility index (Phi) is 5.87. The van der Waals surface area contributed by atoms with E-state index in [0.717, 1.165) is 36.8 Å². The second-order valence-corrected chi connectivity index (χ2v) is 5.24. The maximum Gasteiger partial charge on any atom is 0.194 e. The number of rotatable bonds is 5. The van der Waals surface area contributed by atoms with Crippen LogP contribution in [0.15, 0.2) is 29.3 Å². The highest BCUT2D eigenvalue weighted by Gasteiger charge is 2.22. The van der Waals surface area contributed by atoms with Gasteiger partial charge in [-0.3, -0.25) is 0 Å². The first-order valence-electron chi connectivity index (χ1n) is 7.60. The standard InChI is InChI=1S/C16H25N3O2/c1-3-17-16(19-10-8-14(20)12-19)18-9-11-21-15-7-5-4-6-13(15)2/h4-7,14,20H,3,8-12H2,1-2H3,(H,17,18)/t14-/m1/s1. The number of guanidine groups is 1. The van der Waals surface area contributed by atoms with Gasteiger partial charge in [0.1, 0.15) is 12.4 Å². The summed E-state index contributed by atoms with van der Waals surface area (Å²) in [5, 5.41) is 12.9. The number of likely N-dealkylation sites (tertiary alicyclic amines) is 1. The van der Waals surface area contributed by atoms with Crippen LogP contribution in [0.4, 0.5) is 0 Å². The van der Waals surface area contributed by atoms with E-state index in [1.54, 1.807) is 0 Å². The summed E-state index contributed by atoms with van der Waals surface area (Å²) in [5.74, 6) is 1.77. The topological polar surface area (TPSA) is 57.1 Å². The number of ether oxygens (including phenoxy) is 1. The van der Waals surface area contributed by atoms with Gasteiger partial charge < -0.3 is 20.1 Å². The maximum absolute atomic E-state index is 9.62. The Balaban J connectivity index is 1.84. The lowest BCUT2D eigenvalue weighted by Crippen LogP contribution is -2.40. The molecule has 2 N–H and O–H groups in total. The molecule has 0 saturated carbocycles. The second kappa shape index (κ2) is 7.88. The molecule has 0 unspecified atom stereocenters. The number of benzene rings is 1. The van der Waals surface area contributed by atoms with E-state index in [2.05, 4.69) is 15.2 Å². The monoisotopic (exact) mass is 291 g/mol. The third-order valence-corrected chi connectivity index (χ3v) is 3.50. The Morgan fingerprint density at radius 2 is 2.29 bits per heavy atom. The second-order valence-electron chi connectivity index (χ2n) is 5.24. The van der Waals surface area contributed by atoms with Crippen LogP contribution in [-0.4, -0.2) is 54.9 Å². The number of nitrogens with zero attached hydrogens (tertiary/aromatic N) is 2. The van der Waals surface area contributed by atoms with Crippen molar-refractivity contribution in [1.82, 2.24) is 10.2 Å². The fraction of sp³-hybridized carbons (Fsp3) is 0.562. The van der Waals surface area contributed by atoms with Gasteiger partial charge in [-0.15, -0.1) is 0 Å². The first-order chi connectivity index (χ1) is 10.2. The van der Waals surface area contributed by atoms with Crippen LogP contribution in [0.2, 0.25) is 0 Å². The van der Waals surface area contributed by atoms with E-state index in [9.17, 15) is 5.11 Å². The molecule has 0 amide bonds. The van der Waals surface area contributed by atoms with E-state index >= 15 is 0 Å². The summed E-state index contributed by atoms with van der Waals surface area (Å²) in [4.78, 5) is 6.67. The number of aryl methyl sites for hydroxylation is 1. The molecule has 0 bridgehead atoms. The third kappa shape index (κ3) is 4.63. The summed E-state index contributed by atoms with van der Waals surface area (Å²) in [5.41, 5.74) is 1.14.